The normalized spacial score (nSPS) is 14.4. The average molecular weight is 550 g/mol. The summed E-state index contributed by atoms with van der Waals surface area (Å²) in [7, 11) is 1.56. The van der Waals surface area contributed by atoms with Crippen molar-refractivity contribution in [2.45, 2.75) is 31.8 Å². The first kappa shape index (κ1) is 29.5. The van der Waals surface area contributed by atoms with Crippen LogP contribution in [-0.4, -0.2) is 71.2 Å². The van der Waals surface area contributed by atoms with Crippen LogP contribution < -0.4 is 11.1 Å². The first-order valence-electron chi connectivity index (χ1n) is 12.7. The summed E-state index contributed by atoms with van der Waals surface area (Å²) in [6, 6.07) is 24.1. The molecular weight excluding hydrogens is 514 g/mol. The fraction of sp³-hybridized carbons (Fsp3) is 0.310. The number of carboxylic acids is 1. The summed E-state index contributed by atoms with van der Waals surface area (Å²) >= 11 is 1.34. The van der Waals surface area contributed by atoms with Gasteiger partial charge in [0.1, 0.15) is 11.9 Å². The molecule has 1 saturated heterocycles. The summed E-state index contributed by atoms with van der Waals surface area (Å²) in [5, 5.41) is 19.0. The SMILES string of the molecule is CN(CC(=O)O)CC(=O)N1CCCC1C(=O)NCc1ccc(C(=N)N)s1.c1ccc(Cc2ccccc2)cc1. The van der Waals surface area contributed by atoms with E-state index in [0.717, 1.165) is 17.7 Å². The quantitative estimate of drug-likeness (QED) is 0.227. The monoisotopic (exact) mass is 549 g/mol. The van der Waals surface area contributed by atoms with Crippen LogP contribution in [0.1, 0.15) is 33.7 Å². The van der Waals surface area contributed by atoms with Crippen molar-refractivity contribution in [1.82, 2.24) is 15.1 Å². The number of benzene rings is 2. The molecule has 206 valence electrons. The number of hydrogen-bond donors (Lipinski definition) is 4. The second-order valence-electron chi connectivity index (χ2n) is 9.36. The van der Waals surface area contributed by atoms with E-state index in [0.29, 0.717) is 24.4 Å². The molecule has 2 amide bonds. The maximum atomic E-state index is 12.5. The van der Waals surface area contributed by atoms with Gasteiger partial charge in [-0.25, -0.2) is 0 Å². The standard InChI is InChI=1S/C16H23N5O4S.C13H12/c1-20(9-14(23)24)8-13(22)21-6-2-3-11(21)16(25)19-7-10-4-5-12(26-10)15(17)18;1-3-7-12(8-4-1)11-13-9-5-2-6-10-13/h4-5,11H,2-3,6-9H2,1H3,(H3,17,18)(H,19,25)(H,23,24);1-10H,11H2. The number of nitrogen functional groups attached to an aromatic ring is 1. The van der Waals surface area contributed by atoms with Gasteiger partial charge in [0.15, 0.2) is 0 Å². The molecule has 5 N–H and O–H groups in total. The number of nitrogens with two attached hydrogens (primary N) is 1. The van der Waals surface area contributed by atoms with Gasteiger partial charge < -0.3 is 21.1 Å². The van der Waals surface area contributed by atoms with Gasteiger partial charge in [-0.3, -0.25) is 24.7 Å². The van der Waals surface area contributed by atoms with Crippen molar-refractivity contribution in [1.29, 1.82) is 5.41 Å². The molecule has 39 heavy (non-hydrogen) atoms. The molecule has 1 atom stereocenters. The molecule has 1 aliphatic heterocycles. The number of amidine groups is 1. The predicted octanol–water partition coefficient (Wildman–Crippen LogP) is 2.93. The van der Waals surface area contributed by atoms with Gasteiger partial charge >= 0.3 is 5.97 Å². The number of carbonyl (C=O) groups is 3. The minimum absolute atomic E-state index is 0.00868. The van der Waals surface area contributed by atoms with Crippen LogP contribution in [-0.2, 0) is 27.3 Å². The molecule has 1 aromatic heterocycles. The van der Waals surface area contributed by atoms with Crippen molar-refractivity contribution in [2.24, 2.45) is 5.73 Å². The minimum Gasteiger partial charge on any atom is -0.480 e. The van der Waals surface area contributed by atoms with Crippen molar-refractivity contribution in [3.05, 3.63) is 93.7 Å². The van der Waals surface area contributed by atoms with Crippen LogP contribution >= 0.6 is 11.3 Å². The van der Waals surface area contributed by atoms with Crippen molar-refractivity contribution >= 4 is 35.0 Å². The molecule has 10 heteroatoms. The van der Waals surface area contributed by atoms with Gasteiger partial charge in [0, 0.05) is 11.4 Å². The van der Waals surface area contributed by atoms with Crippen LogP contribution in [0, 0.1) is 5.41 Å². The van der Waals surface area contributed by atoms with E-state index >= 15 is 0 Å². The Morgan fingerprint density at radius 1 is 1.03 bits per heavy atom. The summed E-state index contributed by atoms with van der Waals surface area (Å²) in [6.07, 6.45) is 2.35. The van der Waals surface area contributed by atoms with E-state index in [4.69, 9.17) is 16.2 Å². The number of rotatable bonds is 10. The zero-order valence-electron chi connectivity index (χ0n) is 22.0. The summed E-state index contributed by atoms with van der Waals surface area (Å²) in [4.78, 5) is 40.0. The molecule has 1 unspecified atom stereocenters. The molecule has 2 heterocycles. The van der Waals surface area contributed by atoms with E-state index in [9.17, 15) is 14.4 Å². The molecule has 1 fully saturated rings. The summed E-state index contributed by atoms with van der Waals surface area (Å²) in [5.74, 6) is -1.49. The van der Waals surface area contributed by atoms with E-state index in [2.05, 4.69) is 66.0 Å². The number of thiophene rings is 1. The van der Waals surface area contributed by atoms with E-state index in [1.165, 1.54) is 32.3 Å². The molecule has 2 aromatic carbocycles. The van der Waals surface area contributed by atoms with Gasteiger partial charge in [0.05, 0.1) is 24.5 Å². The third-order valence-electron chi connectivity index (χ3n) is 6.14. The van der Waals surface area contributed by atoms with Crippen molar-refractivity contribution in [3.63, 3.8) is 0 Å². The molecule has 0 bridgehead atoms. The third kappa shape index (κ3) is 9.66. The number of aliphatic carboxylic acids is 1. The molecule has 0 saturated carbocycles. The molecular formula is C29H35N5O4S. The zero-order valence-corrected chi connectivity index (χ0v) is 22.8. The number of amides is 2. The topological polar surface area (TPSA) is 140 Å². The largest absolute Gasteiger partial charge is 0.480 e. The Bertz CT molecular complexity index is 1210. The third-order valence-corrected chi connectivity index (χ3v) is 7.26. The van der Waals surface area contributed by atoms with Gasteiger partial charge in [0.2, 0.25) is 11.8 Å². The van der Waals surface area contributed by atoms with E-state index in [-0.39, 0.29) is 30.7 Å². The molecule has 1 aliphatic rings. The Hall–Kier alpha value is -4.02. The minimum atomic E-state index is -1.00. The van der Waals surface area contributed by atoms with Crippen LogP contribution in [0.15, 0.2) is 72.8 Å². The van der Waals surface area contributed by atoms with Crippen LogP contribution in [0.4, 0.5) is 0 Å². The van der Waals surface area contributed by atoms with Crippen molar-refractivity contribution in [3.8, 4) is 0 Å². The Morgan fingerprint density at radius 2 is 1.64 bits per heavy atom. The lowest BCUT2D eigenvalue weighted by Gasteiger charge is -2.26. The first-order chi connectivity index (χ1) is 18.7. The van der Waals surface area contributed by atoms with E-state index in [1.807, 2.05) is 0 Å². The molecule has 0 radical (unpaired) electrons. The molecule has 9 nitrogen and oxygen atoms in total. The summed E-state index contributed by atoms with van der Waals surface area (Å²) in [6.45, 7) is 0.538. The smallest absolute Gasteiger partial charge is 0.317 e. The van der Waals surface area contributed by atoms with Crippen molar-refractivity contribution in [2.75, 3.05) is 26.7 Å². The van der Waals surface area contributed by atoms with E-state index < -0.39 is 12.0 Å². The Balaban J connectivity index is 0.000000268. The number of hydrogen-bond acceptors (Lipinski definition) is 6. The summed E-state index contributed by atoms with van der Waals surface area (Å²) < 4.78 is 0. The van der Waals surface area contributed by atoms with Gasteiger partial charge in [-0.05, 0) is 49.6 Å². The average Bonchev–Trinajstić information content (AvgIpc) is 3.59. The number of carboxylic acid groups (broad SMARTS) is 1. The highest BCUT2D eigenvalue weighted by Gasteiger charge is 2.34. The maximum Gasteiger partial charge on any atom is 0.317 e. The number of likely N-dealkylation sites (N-methyl/N-ethyl adjacent to an activating group) is 1. The fourth-order valence-electron chi connectivity index (χ4n) is 4.28. The Morgan fingerprint density at radius 3 is 2.18 bits per heavy atom. The lowest BCUT2D eigenvalue weighted by molar-refractivity contribution is -0.141. The van der Waals surface area contributed by atoms with Crippen molar-refractivity contribution < 1.29 is 19.5 Å². The lowest BCUT2D eigenvalue weighted by atomic mass is 10.1. The highest BCUT2D eigenvalue weighted by molar-refractivity contribution is 7.14. The van der Waals surface area contributed by atoms with Gasteiger partial charge in [-0.2, -0.15) is 0 Å². The number of carbonyl (C=O) groups excluding carboxylic acids is 2. The van der Waals surface area contributed by atoms with Gasteiger partial charge in [-0.1, -0.05) is 60.7 Å². The second kappa shape index (κ2) is 14.8. The fourth-order valence-corrected chi connectivity index (χ4v) is 5.09. The van der Waals surface area contributed by atoms with Crippen LogP contribution in [0.25, 0.3) is 0 Å². The second-order valence-corrected chi connectivity index (χ2v) is 10.5. The molecule has 3 aromatic rings. The highest BCUT2D eigenvalue weighted by Crippen LogP contribution is 2.19. The number of likely N-dealkylation sites (tertiary alicyclic amines) is 1. The predicted molar refractivity (Wildman–Crippen MR) is 153 cm³/mol. The number of nitrogens with one attached hydrogen (secondary N) is 2. The van der Waals surface area contributed by atoms with Crippen LogP contribution in [0.5, 0.6) is 0 Å². The molecule has 0 aliphatic carbocycles. The van der Waals surface area contributed by atoms with E-state index in [1.54, 1.807) is 19.2 Å². The molecule has 4 rings (SSSR count). The zero-order chi connectivity index (χ0) is 28.2. The lowest BCUT2D eigenvalue weighted by Crippen LogP contribution is -2.48. The Labute approximate surface area is 232 Å². The Kier molecular flexibility index (Phi) is 11.2. The number of nitrogens with zero attached hydrogens (tertiary/aromatic N) is 2. The molecule has 0 spiro atoms. The van der Waals surface area contributed by atoms with Gasteiger partial charge in [-0.15, -0.1) is 11.3 Å². The van der Waals surface area contributed by atoms with Crippen LogP contribution in [0.2, 0.25) is 0 Å². The van der Waals surface area contributed by atoms with Gasteiger partial charge in [0.25, 0.3) is 0 Å². The first-order valence-corrected chi connectivity index (χ1v) is 13.5. The highest BCUT2D eigenvalue weighted by atomic mass is 32.1. The maximum absolute atomic E-state index is 12.5. The summed E-state index contributed by atoms with van der Waals surface area (Å²) in [5.41, 5.74) is 8.16. The van der Waals surface area contributed by atoms with Crippen LogP contribution in [0.3, 0.4) is 0 Å².